The number of ketones is 1. The molecular weight excluding hydrogens is 274 g/mol. The first-order valence-corrected chi connectivity index (χ1v) is 7.64. The Hall–Kier alpha value is -0.900. The van der Waals surface area contributed by atoms with Crippen molar-refractivity contribution in [2.24, 2.45) is 0 Å². The molecule has 1 aromatic carbocycles. The zero-order valence-electron chi connectivity index (χ0n) is 12.3. The van der Waals surface area contributed by atoms with E-state index < -0.39 is 0 Å². The predicted molar refractivity (Wildman–Crippen MR) is 83.4 cm³/mol. The average Bonchev–Trinajstić information content (AvgIpc) is 2.46. The van der Waals surface area contributed by atoms with Crippen LogP contribution >= 0.6 is 11.6 Å². The zero-order chi connectivity index (χ0) is 15.0. The van der Waals surface area contributed by atoms with Crippen LogP contribution in [-0.2, 0) is 0 Å². The topological polar surface area (TPSA) is 40.5 Å². The highest BCUT2D eigenvalue weighted by molar-refractivity contribution is 6.33. The van der Waals surface area contributed by atoms with Crippen molar-refractivity contribution in [2.75, 3.05) is 19.7 Å². The molecule has 0 spiro atoms. The van der Waals surface area contributed by atoms with Gasteiger partial charge in [0.2, 0.25) is 0 Å². The van der Waals surface area contributed by atoms with Crippen molar-refractivity contribution >= 4 is 17.4 Å². The van der Waals surface area contributed by atoms with Gasteiger partial charge in [0.05, 0.1) is 11.6 Å². The van der Waals surface area contributed by atoms with Gasteiger partial charge in [-0.1, -0.05) is 37.6 Å². The molecule has 0 aliphatic rings. The van der Waals surface area contributed by atoms with E-state index in [0.717, 1.165) is 12.8 Å². The third kappa shape index (κ3) is 4.89. The molecule has 0 unspecified atom stereocenters. The van der Waals surface area contributed by atoms with Gasteiger partial charge in [-0.15, -0.1) is 0 Å². The van der Waals surface area contributed by atoms with E-state index in [1.165, 1.54) is 0 Å². The summed E-state index contributed by atoms with van der Waals surface area (Å²) in [5, 5.41) is 9.66. The third-order valence-corrected chi connectivity index (χ3v) is 3.98. The van der Waals surface area contributed by atoms with E-state index in [-0.39, 0.29) is 12.4 Å². The average molecular weight is 298 g/mol. The summed E-state index contributed by atoms with van der Waals surface area (Å²) in [5.41, 5.74) is 0.586. The number of Topliss-reactive ketones (excluding diaryl/α,β-unsaturated/α-hetero) is 1. The fourth-order valence-corrected chi connectivity index (χ4v) is 2.72. The molecule has 0 aliphatic carbocycles. The van der Waals surface area contributed by atoms with Gasteiger partial charge in [-0.2, -0.15) is 0 Å². The second kappa shape index (κ2) is 9.11. The van der Waals surface area contributed by atoms with Crippen molar-refractivity contribution in [3.05, 3.63) is 34.9 Å². The van der Waals surface area contributed by atoms with Crippen molar-refractivity contribution < 1.29 is 9.90 Å². The minimum atomic E-state index is 0.0597. The van der Waals surface area contributed by atoms with Gasteiger partial charge in [0.15, 0.2) is 5.78 Å². The van der Waals surface area contributed by atoms with E-state index in [1.807, 2.05) is 12.1 Å². The van der Waals surface area contributed by atoms with Crippen LogP contribution in [0, 0.1) is 0 Å². The van der Waals surface area contributed by atoms with Crippen LogP contribution in [0.4, 0.5) is 0 Å². The van der Waals surface area contributed by atoms with Gasteiger partial charge in [0.25, 0.3) is 0 Å². The lowest BCUT2D eigenvalue weighted by atomic mass is 10.1. The molecule has 20 heavy (non-hydrogen) atoms. The summed E-state index contributed by atoms with van der Waals surface area (Å²) in [6.45, 7) is 5.67. The Balaban J connectivity index is 2.63. The summed E-state index contributed by atoms with van der Waals surface area (Å²) in [7, 11) is 0. The minimum absolute atomic E-state index is 0.0597. The molecule has 1 rings (SSSR count). The summed E-state index contributed by atoms with van der Waals surface area (Å²) in [6.07, 6.45) is 2.48. The minimum Gasteiger partial charge on any atom is -0.395 e. The lowest BCUT2D eigenvalue weighted by Crippen LogP contribution is -2.38. The zero-order valence-corrected chi connectivity index (χ0v) is 13.1. The highest BCUT2D eigenvalue weighted by Gasteiger charge is 2.17. The van der Waals surface area contributed by atoms with Crippen LogP contribution in [0.5, 0.6) is 0 Å². The molecule has 4 heteroatoms. The number of carbonyl (C=O) groups excluding carboxylic acids is 1. The summed E-state index contributed by atoms with van der Waals surface area (Å²) in [4.78, 5) is 14.4. The quantitative estimate of drug-likeness (QED) is 0.710. The van der Waals surface area contributed by atoms with Crippen LogP contribution in [0.1, 0.15) is 43.5 Å². The number of aliphatic hydroxyl groups excluding tert-OH is 1. The Kier molecular flexibility index (Phi) is 7.82. The van der Waals surface area contributed by atoms with E-state index in [4.69, 9.17) is 16.7 Å². The van der Waals surface area contributed by atoms with Crippen LogP contribution in [0.3, 0.4) is 0 Å². The van der Waals surface area contributed by atoms with E-state index in [0.29, 0.717) is 36.1 Å². The molecule has 0 saturated heterocycles. The maximum atomic E-state index is 12.2. The van der Waals surface area contributed by atoms with Crippen molar-refractivity contribution in [1.29, 1.82) is 0 Å². The number of hydrogen-bond acceptors (Lipinski definition) is 3. The molecule has 0 bridgehead atoms. The first-order chi connectivity index (χ1) is 9.63. The SMILES string of the molecule is CCC(CC)N(CCO)CCC(=O)c1ccccc1Cl. The van der Waals surface area contributed by atoms with E-state index in [1.54, 1.807) is 12.1 Å². The molecule has 0 aromatic heterocycles. The van der Waals surface area contributed by atoms with Gasteiger partial charge in [-0.3, -0.25) is 9.69 Å². The van der Waals surface area contributed by atoms with Gasteiger partial charge in [0.1, 0.15) is 0 Å². The molecule has 112 valence electrons. The molecule has 1 aromatic rings. The second-order valence-electron chi connectivity index (χ2n) is 4.88. The van der Waals surface area contributed by atoms with E-state index in [2.05, 4.69) is 18.7 Å². The number of nitrogens with zero attached hydrogens (tertiary/aromatic N) is 1. The molecule has 0 fully saturated rings. The third-order valence-electron chi connectivity index (χ3n) is 3.65. The van der Waals surface area contributed by atoms with Crippen molar-refractivity contribution in [2.45, 2.75) is 39.2 Å². The largest absolute Gasteiger partial charge is 0.395 e. The first kappa shape index (κ1) is 17.2. The highest BCUT2D eigenvalue weighted by atomic mass is 35.5. The van der Waals surface area contributed by atoms with Gasteiger partial charge in [0, 0.05) is 31.1 Å². The molecule has 0 saturated carbocycles. The Morgan fingerprint density at radius 3 is 2.45 bits per heavy atom. The Bertz CT molecular complexity index is 419. The fraction of sp³-hybridized carbons (Fsp3) is 0.562. The number of hydrogen-bond donors (Lipinski definition) is 1. The Morgan fingerprint density at radius 2 is 1.90 bits per heavy atom. The standard InChI is InChI=1S/C16H24ClNO2/c1-3-13(4-2)18(11-12-19)10-9-16(20)14-7-5-6-8-15(14)17/h5-8,13,19H,3-4,9-12H2,1-2H3. The van der Waals surface area contributed by atoms with Crippen LogP contribution in [0.2, 0.25) is 5.02 Å². The molecule has 0 aliphatic heterocycles. The predicted octanol–water partition coefficient (Wildman–Crippen LogP) is 3.40. The normalized spacial score (nSPS) is 11.3. The molecular formula is C16H24ClNO2. The van der Waals surface area contributed by atoms with Crippen molar-refractivity contribution in [1.82, 2.24) is 4.90 Å². The summed E-state index contributed by atoms with van der Waals surface area (Å²) >= 11 is 6.04. The van der Waals surface area contributed by atoms with Gasteiger partial charge in [-0.05, 0) is 25.0 Å². The van der Waals surface area contributed by atoms with Crippen molar-refractivity contribution in [3.8, 4) is 0 Å². The lowest BCUT2D eigenvalue weighted by Gasteiger charge is -2.29. The fourth-order valence-electron chi connectivity index (χ4n) is 2.48. The van der Waals surface area contributed by atoms with Crippen LogP contribution in [0.15, 0.2) is 24.3 Å². The summed E-state index contributed by atoms with van der Waals surface area (Å²) in [5.74, 6) is 0.0597. The molecule has 0 heterocycles. The maximum absolute atomic E-state index is 12.2. The molecule has 3 nitrogen and oxygen atoms in total. The number of benzene rings is 1. The molecule has 0 amide bonds. The Labute approximate surface area is 126 Å². The smallest absolute Gasteiger partial charge is 0.165 e. The van der Waals surface area contributed by atoms with Gasteiger partial charge in [-0.25, -0.2) is 0 Å². The first-order valence-electron chi connectivity index (χ1n) is 7.26. The molecule has 0 atom stereocenters. The Morgan fingerprint density at radius 1 is 1.25 bits per heavy atom. The number of halogens is 1. The maximum Gasteiger partial charge on any atom is 0.165 e. The van der Waals surface area contributed by atoms with Gasteiger partial charge >= 0.3 is 0 Å². The van der Waals surface area contributed by atoms with E-state index >= 15 is 0 Å². The summed E-state index contributed by atoms with van der Waals surface area (Å²) in [6, 6.07) is 7.56. The van der Waals surface area contributed by atoms with Crippen LogP contribution in [-0.4, -0.2) is 41.5 Å². The molecule has 0 radical (unpaired) electrons. The number of rotatable bonds is 9. The number of aliphatic hydroxyl groups is 1. The van der Waals surface area contributed by atoms with Crippen LogP contribution in [0.25, 0.3) is 0 Å². The highest BCUT2D eigenvalue weighted by Crippen LogP contribution is 2.17. The molecule has 1 N–H and O–H groups in total. The van der Waals surface area contributed by atoms with Gasteiger partial charge < -0.3 is 5.11 Å². The second-order valence-corrected chi connectivity index (χ2v) is 5.29. The lowest BCUT2D eigenvalue weighted by molar-refractivity contribution is 0.0927. The monoisotopic (exact) mass is 297 g/mol. The van der Waals surface area contributed by atoms with Crippen molar-refractivity contribution in [3.63, 3.8) is 0 Å². The van der Waals surface area contributed by atoms with Crippen LogP contribution < -0.4 is 0 Å². The van der Waals surface area contributed by atoms with E-state index in [9.17, 15) is 4.79 Å². The summed E-state index contributed by atoms with van der Waals surface area (Å²) < 4.78 is 0. The number of carbonyl (C=O) groups is 1.